The summed E-state index contributed by atoms with van der Waals surface area (Å²) in [5.74, 6) is 0.855. The van der Waals surface area contributed by atoms with Crippen LogP contribution in [0.15, 0.2) is 54.2 Å². The number of hydrogen-bond donors (Lipinski definition) is 0. The van der Waals surface area contributed by atoms with Crippen molar-refractivity contribution in [2.45, 2.75) is 0 Å². The van der Waals surface area contributed by atoms with E-state index in [2.05, 4.69) is 15.3 Å². The number of ether oxygens (including phenoxy) is 1. The van der Waals surface area contributed by atoms with Gasteiger partial charge in [-0.15, -0.1) is 11.3 Å². The summed E-state index contributed by atoms with van der Waals surface area (Å²) in [5, 5.41) is 3.07. The lowest BCUT2D eigenvalue weighted by molar-refractivity contribution is 0.415. The lowest BCUT2D eigenvalue weighted by atomic mass is 10.2. The molecule has 3 rings (SSSR count). The highest BCUT2D eigenvalue weighted by Gasteiger charge is 2.06. The second kappa shape index (κ2) is 5.20. The number of pyridine rings is 1. The van der Waals surface area contributed by atoms with Gasteiger partial charge >= 0.3 is 0 Å². The normalized spacial score (nSPS) is 10.4. The molecule has 0 saturated heterocycles. The molecule has 0 aliphatic carbocycles. The Bertz CT molecular complexity index is 662. The predicted octanol–water partition coefficient (Wildman–Crippen LogP) is 3.88. The van der Waals surface area contributed by atoms with E-state index in [0.717, 1.165) is 27.6 Å². The third-order valence-electron chi connectivity index (χ3n) is 2.82. The van der Waals surface area contributed by atoms with Gasteiger partial charge in [0, 0.05) is 28.9 Å². The van der Waals surface area contributed by atoms with E-state index in [1.165, 1.54) is 0 Å². The molecule has 0 N–H and O–H groups in total. The van der Waals surface area contributed by atoms with E-state index in [9.17, 15) is 0 Å². The molecule has 3 aromatic rings. The molecule has 0 bridgehead atoms. The number of nitrogens with zero attached hydrogens (tertiary/aromatic N) is 2. The molecule has 0 unspecified atom stereocenters. The average Bonchev–Trinajstić information content (AvgIpc) is 2.98. The maximum Gasteiger partial charge on any atom is 0.124 e. The largest absolute Gasteiger partial charge is 0.497 e. The van der Waals surface area contributed by atoms with Crippen molar-refractivity contribution < 1.29 is 4.74 Å². The first-order valence-corrected chi connectivity index (χ1v) is 6.75. The fourth-order valence-electron chi connectivity index (χ4n) is 1.80. The van der Waals surface area contributed by atoms with Crippen molar-refractivity contribution in [1.29, 1.82) is 0 Å². The van der Waals surface area contributed by atoms with E-state index in [-0.39, 0.29) is 0 Å². The van der Waals surface area contributed by atoms with Gasteiger partial charge in [-0.1, -0.05) is 0 Å². The highest BCUT2D eigenvalue weighted by atomic mass is 32.1. The van der Waals surface area contributed by atoms with Crippen LogP contribution >= 0.6 is 11.3 Å². The first-order chi connectivity index (χ1) is 9.36. The van der Waals surface area contributed by atoms with Gasteiger partial charge in [-0.3, -0.25) is 4.98 Å². The lowest BCUT2D eigenvalue weighted by Gasteiger charge is -2.00. The van der Waals surface area contributed by atoms with Crippen LogP contribution in [0.25, 0.3) is 21.8 Å². The van der Waals surface area contributed by atoms with Crippen molar-refractivity contribution in [2.75, 3.05) is 7.11 Å². The van der Waals surface area contributed by atoms with E-state index in [1.54, 1.807) is 30.8 Å². The van der Waals surface area contributed by atoms with Crippen LogP contribution in [0.4, 0.5) is 0 Å². The van der Waals surface area contributed by atoms with Crippen molar-refractivity contribution in [1.82, 2.24) is 9.97 Å². The van der Waals surface area contributed by atoms with Gasteiger partial charge in [-0.2, -0.15) is 0 Å². The monoisotopic (exact) mass is 268 g/mol. The van der Waals surface area contributed by atoms with Crippen LogP contribution < -0.4 is 4.74 Å². The molecule has 0 radical (unpaired) electrons. The molecule has 4 heteroatoms. The van der Waals surface area contributed by atoms with E-state index >= 15 is 0 Å². The number of thiazole rings is 1. The van der Waals surface area contributed by atoms with Crippen LogP contribution in [0.5, 0.6) is 5.75 Å². The van der Waals surface area contributed by atoms with E-state index < -0.39 is 0 Å². The molecular weight excluding hydrogens is 256 g/mol. The molecule has 19 heavy (non-hydrogen) atoms. The second-order valence-corrected chi connectivity index (χ2v) is 4.86. The first kappa shape index (κ1) is 11.9. The SMILES string of the molecule is COc1ccc(-c2csc(-c3ccncc3)n2)cc1. The smallest absolute Gasteiger partial charge is 0.124 e. The number of benzene rings is 1. The highest BCUT2D eigenvalue weighted by Crippen LogP contribution is 2.29. The maximum absolute atomic E-state index is 5.15. The van der Waals surface area contributed by atoms with Crippen molar-refractivity contribution >= 4 is 11.3 Å². The molecule has 0 spiro atoms. The minimum absolute atomic E-state index is 0.855. The van der Waals surface area contributed by atoms with Crippen molar-refractivity contribution in [2.24, 2.45) is 0 Å². The molecule has 0 amide bonds. The minimum atomic E-state index is 0.855. The van der Waals surface area contributed by atoms with Gasteiger partial charge in [0.25, 0.3) is 0 Å². The lowest BCUT2D eigenvalue weighted by Crippen LogP contribution is -1.83. The molecule has 2 aromatic heterocycles. The van der Waals surface area contributed by atoms with E-state index in [1.807, 2.05) is 36.4 Å². The molecule has 0 saturated carbocycles. The third-order valence-corrected chi connectivity index (χ3v) is 3.71. The van der Waals surface area contributed by atoms with E-state index in [4.69, 9.17) is 4.74 Å². The molecule has 2 heterocycles. The van der Waals surface area contributed by atoms with Gasteiger partial charge in [-0.05, 0) is 36.4 Å². The zero-order chi connectivity index (χ0) is 13.1. The fraction of sp³-hybridized carbons (Fsp3) is 0.0667. The average molecular weight is 268 g/mol. The van der Waals surface area contributed by atoms with Gasteiger partial charge in [-0.25, -0.2) is 4.98 Å². The molecular formula is C15H12N2OS. The summed E-state index contributed by atoms with van der Waals surface area (Å²) in [7, 11) is 1.67. The van der Waals surface area contributed by atoms with Crippen LogP contribution in [0.1, 0.15) is 0 Å². The summed E-state index contributed by atoms with van der Waals surface area (Å²) >= 11 is 1.64. The summed E-state index contributed by atoms with van der Waals surface area (Å²) in [6.07, 6.45) is 3.56. The Labute approximate surface area is 115 Å². The van der Waals surface area contributed by atoms with Crippen molar-refractivity contribution in [3.8, 4) is 27.6 Å². The Morgan fingerprint density at radius 1 is 0.947 bits per heavy atom. The maximum atomic E-state index is 5.15. The van der Waals surface area contributed by atoms with Crippen LogP contribution in [-0.2, 0) is 0 Å². The topological polar surface area (TPSA) is 35.0 Å². The third kappa shape index (κ3) is 2.48. The Morgan fingerprint density at radius 2 is 1.68 bits per heavy atom. The number of rotatable bonds is 3. The second-order valence-electron chi connectivity index (χ2n) is 4.00. The van der Waals surface area contributed by atoms with Crippen molar-refractivity contribution in [3.05, 3.63) is 54.2 Å². The highest BCUT2D eigenvalue weighted by molar-refractivity contribution is 7.13. The molecule has 1 aromatic carbocycles. The number of methoxy groups -OCH3 is 1. The fourth-order valence-corrected chi connectivity index (χ4v) is 2.63. The summed E-state index contributed by atoms with van der Waals surface area (Å²) in [6, 6.07) is 11.9. The Morgan fingerprint density at radius 3 is 2.37 bits per heavy atom. The zero-order valence-corrected chi connectivity index (χ0v) is 11.2. The Kier molecular flexibility index (Phi) is 3.25. The quantitative estimate of drug-likeness (QED) is 0.723. The summed E-state index contributed by atoms with van der Waals surface area (Å²) < 4.78 is 5.15. The zero-order valence-electron chi connectivity index (χ0n) is 10.4. The van der Waals surface area contributed by atoms with Gasteiger partial charge < -0.3 is 4.74 Å². The van der Waals surface area contributed by atoms with Crippen molar-refractivity contribution in [3.63, 3.8) is 0 Å². The van der Waals surface area contributed by atoms with Gasteiger partial charge in [0.1, 0.15) is 10.8 Å². The van der Waals surface area contributed by atoms with Crippen LogP contribution in [0.2, 0.25) is 0 Å². The van der Waals surface area contributed by atoms with Crippen LogP contribution in [0, 0.1) is 0 Å². The molecule has 94 valence electrons. The van der Waals surface area contributed by atoms with Crippen LogP contribution in [0.3, 0.4) is 0 Å². The molecule has 0 aliphatic rings. The first-order valence-electron chi connectivity index (χ1n) is 5.87. The predicted molar refractivity (Wildman–Crippen MR) is 77.3 cm³/mol. The number of hydrogen-bond acceptors (Lipinski definition) is 4. The number of aromatic nitrogens is 2. The van der Waals surface area contributed by atoms with Crippen LogP contribution in [-0.4, -0.2) is 17.1 Å². The standard InChI is InChI=1S/C15H12N2OS/c1-18-13-4-2-11(3-5-13)14-10-19-15(17-14)12-6-8-16-9-7-12/h2-10H,1H3. The molecule has 3 nitrogen and oxygen atoms in total. The van der Waals surface area contributed by atoms with Gasteiger partial charge in [0.05, 0.1) is 12.8 Å². The molecule has 0 aliphatic heterocycles. The Hall–Kier alpha value is -2.20. The Balaban J connectivity index is 1.92. The summed E-state index contributed by atoms with van der Waals surface area (Å²) in [6.45, 7) is 0. The summed E-state index contributed by atoms with van der Waals surface area (Å²) in [5.41, 5.74) is 3.18. The minimum Gasteiger partial charge on any atom is -0.497 e. The molecule has 0 fully saturated rings. The summed E-state index contributed by atoms with van der Waals surface area (Å²) in [4.78, 5) is 8.67. The molecule has 0 atom stereocenters. The van der Waals surface area contributed by atoms with E-state index in [0.29, 0.717) is 0 Å². The van der Waals surface area contributed by atoms with Gasteiger partial charge in [0.2, 0.25) is 0 Å². The van der Waals surface area contributed by atoms with Gasteiger partial charge in [0.15, 0.2) is 0 Å².